The average molecular weight is 2120 g/mol. The number of ether oxygens (including phenoxy) is 15. The van der Waals surface area contributed by atoms with Gasteiger partial charge >= 0.3 is 29.8 Å². The summed E-state index contributed by atoms with van der Waals surface area (Å²) >= 11 is 0. The number of nitrogens with two attached hydrogens (primary N) is 5. The minimum Gasteiger partial charge on any atom is -0.493 e. The van der Waals surface area contributed by atoms with Crippen LogP contribution in [0.5, 0.6) is 57.5 Å². The van der Waals surface area contributed by atoms with Crippen LogP contribution in [0, 0.1) is 88.7 Å². The minimum atomic E-state index is -2.93. The van der Waals surface area contributed by atoms with E-state index in [0.29, 0.717) is 91.8 Å². The Morgan fingerprint density at radius 3 is 0.627 bits per heavy atom. The zero-order chi connectivity index (χ0) is 131. The molecule has 0 spiro atoms. The third kappa shape index (κ3) is 30.2. The third-order valence-electron chi connectivity index (χ3n) is 31.3. The molecular weight excluding hydrogens is 1900 g/mol. The minimum absolute atomic E-state index is 0.0115. The first-order chi connectivity index (χ1) is 80.5. The van der Waals surface area contributed by atoms with Crippen molar-refractivity contribution in [2.75, 3.05) is 136 Å². The number of hydrogen-bond acceptors (Lipinski definition) is 30. The van der Waals surface area contributed by atoms with Crippen molar-refractivity contribution >= 4 is 29.8 Å². The maximum atomic E-state index is 12.9. The quantitative estimate of drug-likeness (QED) is 0.0186. The van der Waals surface area contributed by atoms with Gasteiger partial charge in [0.25, 0.3) is 0 Å². The Kier molecular flexibility index (Phi) is 33.4. The lowest BCUT2D eigenvalue weighted by Gasteiger charge is -2.47. The van der Waals surface area contributed by atoms with Gasteiger partial charge in [-0.05, 0) is 239 Å². The molecule has 0 aliphatic carbocycles. The first kappa shape index (κ1) is 90.3. The number of rotatable bonds is 35. The Hall–Kier alpha value is -8.95. The molecule has 0 saturated carbocycles. The summed E-state index contributed by atoms with van der Waals surface area (Å²) in [5.41, 5.74) is 40.6. The fraction of sp³-hybridized carbons (Fsp3) is 0.708. The van der Waals surface area contributed by atoms with Gasteiger partial charge < -0.3 is 99.7 Å². The summed E-state index contributed by atoms with van der Waals surface area (Å²) in [6, 6.07) is 14.3. The van der Waals surface area contributed by atoms with E-state index in [9.17, 15) is 24.0 Å². The molecule has 0 aromatic heterocycles. The van der Waals surface area contributed by atoms with Gasteiger partial charge in [-0.1, -0.05) is 138 Å². The fourth-order valence-electron chi connectivity index (χ4n) is 22.7. The van der Waals surface area contributed by atoms with Crippen LogP contribution in [-0.2, 0) is 79.8 Å². The van der Waals surface area contributed by atoms with E-state index in [4.69, 9.17) is 133 Å². The number of esters is 5. The largest absolute Gasteiger partial charge is 0.493 e. The highest BCUT2D eigenvalue weighted by Crippen LogP contribution is 2.52. The van der Waals surface area contributed by atoms with Gasteiger partial charge in [0.2, 0.25) is 0 Å². The van der Waals surface area contributed by atoms with E-state index < -0.39 is 156 Å². The lowest BCUT2D eigenvalue weighted by atomic mass is 9.79. The van der Waals surface area contributed by atoms with Gasteiger partial charge in [0.1, 0.15) is 60.7 Å². The van der Waals surface area contributed by atoms with Crippen LogP contribution in [0.4, 0.5) is 0 Å². The zero-order valence-corrected chi connectivity index (χ0v) is 93.2. The van der Waals surface area contributed by atoms with Crippen LogP contribution < -0.4 is 76.0 Å². The lowest BCUT2D eigenvalue weighted by molar-refractivity contribution is -0.161. The molecule has 840 valence electrons. The second kappa shape index (κ2) is 55.4. The first-order valence-electron chi connectivity index (χ1n) is 65.5. The predicted molar refractivity (Wildman–Crippen MR) is 589 cm³/mol. The van der Waals surface area contributed by atoms with Crippen LogP contribution >= 0.6 is 0 Å². The molecule has 3 unspecified atom stereocenters. The van der Waals surface area contributed by atoms with Crippen molar-refractivity contribution in [3.05, 3.63) is 116 Å². The van der Waals surface area contributed by atoms with Gasteiger partial charge in [0.05, 0.1) is 79.2 Å². The molecule has 5 saturated heterocycles. The molecule has 5 fully saturated rings. The Bertz CT molecular complexity index is 6150. The summed E-state index contributed by atoms with van der Waals surface area (Å²) < 4.78 is 278. The van der Waals surface area contributed by atoms with Crippen molar-refractivity contribution in [1.82, 2.24) is 24.5 Å². The maximum Gasteiger partial charge on any atom is 0.323 e. The molecule has 23 atom stereocenters. The molecule has 5 aromatic carbocycles. The molecule has 0 radical (unpaired) electrons. The van der Waals surface area contributed by atoms with Crippen LogP contribution in [-0.4, -0.2) is 251 Å². The van der Waals surface area contributed by atoms with E-state index in [1.54, 1.807) is 102 Å². The highest BCUT2D eigenvalue weighted by Gasteiger charge is 2.50. The highest BCUT2D eigenvalue weighted by atomic mass is 16.6. The fourth-order valence-corrected chi connectivity index (χ4v) is 22.7. The number of carbonyl (C=O) groups is 5. The van der Waals surface area contributed by atoms with Crippen LogP contribution in [0.15, 0.2) is 60.7 Å². The van der Waals surface area contributed by atoms with Crippen LogP contribution in [0.1, 0.15) is 321 Å². The zero-order valence-electron chi connectivity index (χ0n) is 117. The second-order valence-corrected chi connectivity index (χ2v) is 44.4. The van der Waals surface area contributed by atoms with E-state index in [2.05, 4.69) is 59.4 Å². The number of methoxy groups -OCH3 is 10. The molecule has 10 aliphatic rings. The third-order valence-corrected chi connectivity index (χ3v) is 31.3. The van der Waals surface area contributed by atoms with Crippen molar-refractivity contribution in [2.45, 2.75) is 325 Å². The van der Waals surface area contributed by atoms with Gasteiger partial charge in [0, 0.05) is 182 Å². The summed E-state index contributed by atoms with van der Waals surface area (Å²) in [6.45, 7) is 27.4. The number of piperidine rings is 5. The number of hydrogen-bond donors (Lipinski definition) is 5. The summed E-state index contributed by atoms with van der Waals surface area (Å²) in [6.07, 6.45) is -3.19. The van der Waals surface area contributed by atoms with Crippen molar-refractivity contribution < 1.29 is 128 Å². The molecule has 5 aromatic rings. The van der Waals surface area contributed by atoms with Crippen LogP contribution in [0.3, 0.4) is 0 Å². The molecule has 30 nitrogen and oxygen atoms in total. The second-order valence-electron chi connectivity index (χ2n) is 44.4. The topological polar surface area (TPSA) is 370 Å². The normalized spacial score (nSPS) is 29.1. The lowest BCUT2D eigenvalue weighted by Crippen LogP contribution is -2.51. The van der Waals surface area contributed by atoms with Gasteiger partial charge in [-0.25, -0.2) is 0 Å². The summed E-state index contributed by atoms with van der Waals surface area (Å²) in [5.74, 6) is -7.37. The molecule has 0 amide bonds. The van der Waals surface area contributed by atoms with E-state index in [0.717, 1.165) is 135 Å². The van der Waals surface area contributed by atoms with Gasteiger partial charge in [0.15, 0.2) is 57.5 Å². The van der Waals surface area contributed by atoms with Crippen molar-refractivity contribution in [3.63, 3.8) is 0 Å². The van der Waals surface area contributed by atoms with E-state index in [1.807, 2.05) is 62.9 Å². The van der Waals surface area contributed by atoms with Crippen molar-refractivity contribution in [3.8, 4) is 57.5 Å². The molecule has 0 bridgehead atoms. The predicted octanol–water partition coefficient (Wildman–Crippen LogP) is 17.8. The van der Waals surface area contributed by atoms with Gasteiger partial charge in [-0.2, -0.15) is 0 Å². The Labute approximate surface area is 931 Å². The standard InChI is InChI=1S/5C24H38N2O4/c5*1-14(2)9-17-13-26-8-7-16-10-21(28-5)22(29-6)11-18(16)19(26)12-20(17)30-24(27)23(25)15(3)4/h5*10-11,14-15,17,19-20,23H,7-9,12-13,25H2,1-6H3/t5*17-,19-,20-,23+/m11111/s1/i1D3,5D3,9D2,14D;2*1D3,9D2,14D;5D3;/t3*14?,17-,19-,20-,23+;2m. The van der Waals surface area contributed by atoms with Crippen molar-refractivity contribution in [2.24, 2.45) is 117 Å². The number of benzene rings is 5. The molecule has 10 N–H and O–H groups in total. The Morgan fingerprint density at radius 2 is 0.460 bits per heavy atom. The summed E-state index contributed by atoms with van der Waals surface area (Å²) in [7, 11) is 7.26. The maximum absolute atomic E-state index is 12.9. The Balaban J connectivity index is 0.000000203. The molecule has 10 aliphatic heterocycles. The molecular formula is C120H190N10O20. The van der Waals surface area contributed by atoms with Gasteiger partial charge in [-0.3, -0.25) is 48.5 Å². The molecule has 30 heteroatoms. The van der Waals surface area contributed by atoms with Crippen LogP contribution in [0.2, 0.25) is 0 Å². The van der Waals surface area contributed by atoms with E-state index in [1.165, 1.54) is 25.3 Å². The molecule has 10 heterocycles. The summed E-state index contributed by atoms with van der Waals surface area (Å²) in [5, 5.41) is 0. The van der Waals surface area contributed by atoms with Gasteiger partial charge in [-0.15, -0.1) is 0 Å². The Morgan fingerprint density at radius 1 is 0.287 bits per heavy atom. The number of nitrogens with zero attached hydrogens (tertiary/aromatic N) is 5. The monoisotopic (exact) mass is 2120 g/mol. The molecule has 150 heavy (non-hydrogen) atoms. The number of fused-ring (bicyclic) bond motifs is 15. The van der Waals surface area contributed by atoms with Crippen molar-refractivity contribution in [1.29, 1.82) is 0 Å². The SMILES string of the molecule is COc1cc2c(cc1OC)[C@H]1C[C@@H](OC(=O)[C@@H](N)C(C)C)[C@H](CC(C)C)CN1CC2.[2H]C([2H])([2H])C([2H])(C)C([2H])([2H])[C@@H]1CN2CCc3cc(OC)c(OC)cc3[C@H]2C[C@H]1OC(=O)[C@@H](N)C(C)C.[2H]C([2H])([2H])C([2H])(C)C([2H])([2H])[C@@H]1CN2CCc3cc(OC)c(OC)cc3[C@H]2C[C@H]1OC(=O)[C@@H](N)C(C)C.[2H]C([2H])([2H])Oc1cc2c(cc1OC)[C@H]1C[C@@H](OC(=O)[C@@H](N)C(C)C)[C@H](C([2H])([2H])C([2H])(C)C([2H])([2H])[2H])CN1CC2.[2H]C([2H])([2H])Oc1cc2c(cc1OC)[C@H]1C[C@@H](OC(=O)[C@@H](N)C(C)C)[C@H](CC(C)C)CN1CC2. The summed E-state index contributed by atoms with van der Waals surface area (Å²) in [4.78, 5) is 75.2. The number of carbonyl (C=O) groups excluding carboxylic acids is 5. The first-order valence-corrected chi connectivity index (χ1v) is 53.5. The smallest absolute Gasteiger partial charge is 0.323 e. The highest BCUT2D eigenvalue weighted by molar-refractivity contribution is 5.78. The average Bonchev–Trinajstić information content (AvgIpc) is 0.709. The van der Waals surface area contributed by atoms with E-state index >= 15 is 0 Å². The van der Waals surface area contributed by atoms with Crippen LogP contribution in [0.25, 0.3) is 0 Å². The molecule has 15 rings (SSSR count). The van der Waals surface area contributed by atoms with E-state index in [-0.39, 0.29) is 146 Å².